The van der Waals surface area contributed by atoms with E-state index in [1.807, 2.05) is 28.8 Å². The first kappa shape index (κ1) is 17.7. The summed E-state index contributed by atoms with van der Waals surface area (Å²) in [7, 11) is 1.67. The molecule has 2 aromatic carbocycles. The Morgan fingerprint density at radius 1 is 1.03 bits per heavy atom. The lowest BCUT2D eigenvalue weighted by atomic mass is 10.1. The second kappa shape index (κ2) is 6.89. The number of nitrogens with zero attached hydrogens (tertiary/aromatic N) is 4. The summed E-state index contributed by atoms with van der Waals surface area (Å²) in [6, 6.07) is 12.2. The van der Waals surface area contributed by atoms with Gasteiger partial charge in [0.15, 0.2) is 17.0 Å². The van der Waals surface area contributed by atoms with Crippen molar-refractivity contribution in [2.24, 2.45) is 0 Å². The molecule has 0 amide bonds. The van der Waals surface area contributed by atoms with Crippen LogP contribution in [-0.4, -0.2) is 33.2 Å². The van der Waals surface area contributed by atoms with Crippen LogP contribution in [0.15, 0.2) is 36.4 Å². The number of nitrogen functional groups attached to an aromatic ring is 2. The third-order valence-corrected chi connectivity index (χ3v) is 5.33. The zero-order chi connectivity index (χ0) is 20.0. The van der Waals surface area contributed by atoms with Crippen LogP contribution in [0, 0.1) is 0 Å². The molecule has 1 fully saturated rings. The van der Waals surface area contributed by atoms with Gasteiger partial charge in [0.25, 0.3) is 0 Å². The largest absolute Gasteiger partial charge is 0.497 e. The third kappa shape index (κ3) is 3.01. The van der Waals surface area contributed by atoms with Crippen molar-refractivity contribution < 1.29 is 9.47 Å². The van der Waals surface area contributed by atoms with Gasteiger partial charge < -0.3 is 20.9 Å². The highest BCUT2D eigenvalue weighted by Gasteiger charge is 2.25. The molecule has 29 heavy (non-hydrogen) atoms. The molecule has 1 aliphatic rings. The van der Waals surface area contributed by atoms with Crippen LogP contribution >= 0.6 is 0 Å². The van der Waals surface area contributed by atoms with E-state index in [9.17, 15) is 0 Å². The minimum atomic E-state index is -0.163. The number of ether oxygens (including phenoxy) is 2. The normalized spacial score (nSPS) is 17.1. The van der Waals surface area contributed by atoms with Crippen molar-refractivity contribution >= 4 is 33.7 Å². The fourth-order valence-electron chi connectivity index (χ4n) is 3.91. The number of hydrogen-bond acceptors (Lipinski definition) is 7. The average Bonchev–Trinajstić information content (AvgIpc) is 3.13. The van der Waals surface area contributed by atoms with Crippen LogP contribution < -0.4 is 16.2 Å². The Kier molecular flexibility index (Phi) is 4.21. The number of anilines is 2. The van der Waals surface area contributed by atoms with Crippen LogP contribution in [-0.2, 0) is 4.74 Å². The van der Waals surface area contributed by atoms with Crippen LogP contribution in [0.4, 0.5) is 11.8 Å². The minimum Gasteiger partial charge on any atom is -0.497 e. The number of aromatic nitrogens is 4. The summed E-state index contributed by atoms with van der Waals surface area (Å²) in [4.78, 5) is 13.3. The molecular formula is C21H22N6O2. The summed E-state index contributed by atoms with van der Waals surface area (Å²) in [6.07, 6.45) is 2.85. The van der Waals surface area contributed by atoms with Crippen LogP contribution in [0.3, 0.4) is 0 Å². The molecule has 1 saturated heterocycles. The molecule has 0 bridgehead atoms. The third-order valence-electron chi connectivity index (χ3n) is 5.33. The van der Waals surface area contributed by atoms with Gasteiger partial charge in [-0.3, -0.25) is 4.57 Å². The van der Waals surface area contributed by atoms with Gasteiger partial charge in [-0.1, -0.05) is 18.2 Å². The van der Waals surface area contributed by atoms with Crippen molar-refractivity contribution in [3.8, 4) is 17.1 Å². The second-order valence-corrected chi connectivity index (χ2v) is 7.19. The van der Waals surface area contributed by atoms with Crippen LogP contribution in [0.25, 0.3) is 33.3 Å². The molecule has 4 N–H and O–H groups in total. The highest BCUT2D eigenvalue weighted by atomic mass is 16.5. The molecule has 148 valence electrons. The summed E-state index contributed by atoms with van der Waals surface area (Å²) in [5.74, 6) is 1.97. The van der Waals surface area contributed by atoms with E-state index in [1.165, 1.54) is 0 Å². The maximum absolute atomic E-state index is 6.11. The van der Waals surface area contributed by atoms with Crippen molar-refractivity contribution in [1.82, 2.24) is 19.5 Å². The van der Waals surface area contributed by atoms with Crippen molar-refractivity contribution in [3.05, 3.63) is 36.4 Å². The predicted octanol–water partition coefficient (Wildman–Crippen LogP) is 3.52. The summed E-state index contributed by atoms with van der Waals surface area (Å²) < 4.78 is 13.4. The van der Waals surface area contributed by atoms with Crippen molar-refractivity contribution in [1.29, 1.82) is 0 Å². The van der Waals surface area contributed by atoms with Crippen molar-refractivity contribution in [3.63, 3.8) is 0 Å². The van der Waals surface area contributed by atoms with E-state index in [2.05, 4.69) is 22.1 Å². The predicted molar refractivity (Wildman–Crippen MR) is 112 cm³/mol. The number of methoxy groups -OCH3 is 1. The van der Waals surface area contributed by atoms with Gasteiger partial charge >= 0.3 is 0 Å². The smallest absolute Gasteiger partial charge is 0.224 e. The maximum Gasteiger partial charge on any atom is 0.224 e. The Balaban J connectivity index is 1.73. The highest BCUT2D eigenvalue weighted by molar-refractivity contribution is 5.90. The van der Waals surface area contributed by atoms with Crippen LogP contribution in [0.1, 0.15) is 25.5 Å². The Morgan fingerprint density at radius 2 is 1.86 bits per heavy atom. The van der Waals surface area contributed by atoms with Gasteiger partial charge in [0.1, 0.15) is 17.8 Å². The molecule has 4 aromatic rings. The van der Waals surface area contributed by atoms with Gasteiger partial charge in [-0.25, -0.2) is 4.98 Å². The first-order valence-electron chi connectivity index (χ1n) is 9.65. The molecular weight excluding hydrogens is 368 g/mol. The molecule has 0 saturated carbocycles. The van der Waals surface area contributed by atoms with E-state index >= 15 is 0 Å². The lowest BCUT2D eigenvalue weighted by Gasteiger charge is -2.25. The molecule has 3 heterocycles. The Labute approximate surface area is 167 Å². The van der Waals surface area contributed by atoms with Crippen molar-refractivity contribution in [2.75, 3.05) is 25.2 Å². The molecule has 1 atom stereocenters. The number of benzene rings is 2. The van der Waals surface area contributed by atoms with Crippen molar-refractivity contribution in [2.45, 2.75) is 25.5 Å². The van der Waals surface area contributed by atoms with Gasteiger partial charge in [0, 0.05) is 12.2 Å². The van der Waals surface area contributed by atoms with Gasteiger partial charge in [-0.05, 0) is 48.2 Å². The first-order valence-corrected chi connectivity index (χ1v) is 9.65. The molecule has 0 radical (unpaired) electrons. The van der Waals surface area contributed by atoms with Crippen LogP contribution in [0.2, 0.25) is 0 Å². The van der Waals surface area contributed by atoms with E-state index < -0.39 is 0 Å². The molecule has 1 unspecified atom stereocenters. The highest BCUT2D eigenvalue weighted by Crippen LogP contribution is 2.35. The molecule has 8 heteroatoms. The fourth-order valence-corrected chi connectivity index (χ4v) is 3.91. The Hall–Kier alpha value is -3.39. The second-order valence-electron chi connectivity index (χ2n) is 7.19. The molecule has 5 rings (SSSR count). The number of rotatable bonds is 3. The summed E-state index contributed by atoms with van der Waals surface area (Å²) in [5, 5.41) is 2.18. The summed E-state index contributed by atoms with van der Waals surface area (Å²) in [6.45, 7) is 0.706. The van der Waals surface area contributed by atoms with E-state index in [0.29, 0.717) is 17.8 Å². The van der Waals surface area contributed by atoms with Gasteiger partial charge in [0.05, 0.1) is 7.11 Å². The van der Waals surface area contributed by atoms with Gasteiger partial charge in [-0.15, -0.1) is 0 Å². The number of fused-ring (bicyclic) bond motifs is 2. The Morgan fingerprint density at radius 3 is 2.66 bits per heavy atom. The topological polar surface area (TPSA) is 114 Å². The molecule has 2 aromatic heterocycles. The number of hydrogen-bond donors (Lipinski definition) is 2. The maximum atomic E-state index is 6.11. The zero-order valence-electron chi connectivity index (χ0n) is 16.1. The molecule has 0 spiro atoms. The van der Waals surface area contributed by atoms with Crippen LogP contribution in [0.5, 0.6) is 5.75 Å². The fraction of sp³-hybridized carbons (Fsp3) is 0.286. The molecule has 1 aliphatic heterocycles. The zero-order valence-corrected chi connectivity index (χ0v) is 16.1. The minimum absolute atomic E-state index is 0.129. The summed E-state index contributed by atoms with van der Waals surface area (Å²) in [5.41, 5.74) is 14.1. The van der Waals surface area contributed by atoms with E-state index in [-0.39, 0.29) is 18.0 Å². The van der Waals surface area contributed by atoms with E-state index in [4.69, 9.17) is 25.9 Å². The van der Waals surface area contributed by atoms with Gasteiger partial charge in [-0.2, -0.15) is 9.97 Å². The van der Waals surface area contributed by atoms with E-state index in [0.717, 1.165) is 47.2 Å². The van der Waals surface area contributed by atoms with E-state index in [1.54, 1.807) is 7.11 Å². The SMILES string of the molecule is COc1ccc2cc(-c3nc4c(N)nc(N)nc4n3C3CCCCO3)ccc2c1. The first-order chi connectivity index (χ1) is 14.1. The number of nitrogens with two attached hydrogens (primary N) is 2. The Bertz CT molecular complexity index is 1210. The van der Waals surface area contributed by atoms with Gasteiger partial charge in [0.2, 0.25) is 5.95 Å². The number of imidazole rings is 1. The molecule has 8 nitrogen and oxygen atoms in total. The summed E-state index contributed by atoms with van der Waals surface area (Å²) >= 11 is 0. The standard InChI is InChI=1S/C21H22N6O2/c1-28-15-8-7-12-10-14(6-5-13(12)11-15)19-24-17-18(22)25-21(23)26-20(17)27(19)16-4-2-3-9-29-16/h5-8,10-11,16H,2-4,9H2,1H3,(H4,22,23,25,26). The monoisotopic (exact) mass is 390 g/mol. The molecule has 0 aliphatic carbocycles. The lowest BCUT2D eigenvalue weighted by molar-refractivity contribution is -0.0287. The quantitative estimate of drug-likeness (QED) is 0.550. The average molecular weight is 390 g/mol. The lowest BCUT2D eigenvalue weighted by Crippen LogP contribution is -2.19.